The van der Waals surface area contributed by atoms with Crippen LogP contribution in [0.2, 0.25) is 10.0 Å². The molecule has 1 aliphatic rings. The highest BCUT2D eigenvalue weighted by Gasteiger charge is 2.25. The molecule has 0 saturated carbocycles. The molecule has 2 aromatic heterocycles. The monoisotopic (exact) mass is 640 g/mol. The lowest BCUT2D eigenvalue weighted by atomic mass is 10.1. The first-order valence-electron chi connectivity index (χ1n) is 13.7. The maximum Gasteiger partial charge on any atom is 0.407 e. The number of carbonyl (C=O) groups excluding carboxylic acids is 2. The summed E-state index contributed by atoms with van der Waals surface area (Å²) in [6, 6.07) is 10.6. The van der Waals surface area contributed by atoms with Crippen molar-refractivity contribution in [3.63, 3.8) is 0 Å². The normalized spacial score (nSPS) is 13.2. The number of piperazine rings is 1. The van der Waals surface area contributed by atoms with Crippen LogP contribution in [-0.4, -0.2) is 82.1 Å². The van der Waals surface area contributed by atoms with E-state index in [2.05, 4.69) is 20.5 Å². The van der Waals surface area contributed by atoms with Gasteiger partial charge < -0.3 is 36.0 Å². The van der Waals surface area contributed by atoms with Gasteiger partial charge in [-0.25, -0.2) is 14.8 Å². The summed E-state index contributed by atoms with van der Waals surface area (Å²) in [5.41, 5.74) is 7.94. The first-order chi connectivity index (χ1) is 21.1. The lowest BCUT2D eigenvalue weighted by molar-refractivity contribution is 0.0949. The highest BCUT2D eigenvalue weighted by molar-refractivity contribution is 6.36. The van der Waals surface area contributed by atoms with Gasteiger partial charge in [-0.1, -0.05) is 29.3 Å². The molecular formula is C29H30Cl2N8O5. The van der Waals surface area contributed by atoms with Gasteiger partial charge in [-0.2, -0.15) is 0 Å². The number of imidazole rings is 1. The molecule has 0 atom stereocenters. The third kappa shape index (κ3) is 6.15. The molecule has 13 nitrogen and oxygen atoms in total. The van der Waals surface area contributed by atoms with Crippen molar-refractivity contribution >= 4 is 63.9 Å². The van der Waals surface area contributed by atoms with Crippen LogP contribution < -0.4 is 26.0 Å². The van der Waals surface area contributed by atoms with Gasteiger partial charge in [0.1, 0.15) is 28.6 Å². The number of anilines is 3. The van der Waals surface area contributed by atoms with Gasteiger partial charge in [-0.15, -0.1) is 0 Å². The number of benzene rings is 2. The number of amides is 3. The van der Waals surface area contributed by atoms with Gasteiger partial charge in [0.25, 0.3) is 11.8 Å². The minimum absolute atomic E-state index is 0.0366. The summed E-state index contributed by atoms with van der Waals surface area (Å²) in [5, 5.41) is 16.0. The molecule has 1 saturated heterocycles. The summed E-state index contributed by atoms with van der Waals surface area (Å²) in [4.78, 5) is 49.5. The zero-order valence-corrected chi connectivity index (χ0v) is 25.4. The Kier molecular flexibility index (Phi) is 8.97. The molecule has 44 heavy (non-hydrogen) atoms. The molecule has 15 heteroatoms. The Hall–Kier alpha value is -4.75. The molecule has 0 radical (unpaired) electrons. The summed E-state index contributed by atoms with van der Waals surface area (Å²) in [6.45, 7) is 3.97. The lowest BCUT2D eigenvalue weighted by Gasteiger charge is -2.34. The molecule has 2 aromatic carbocycles. The van der Waals surface area contributed by atoms with Gasteiger partial charge in [-0.05, 0) is 36.8 Å². The van der Waals surface area contributed by atoms with E-state index in [1.165, 1.54) is 22.6 Å². The van der Waals surface area contributed by atoms with E-state index in [-0.39, 0.29) is 29.1 Å². The average molecular weight is 642 g/mol. The van der Waals surface area contributed by atoms with Crippen LogP contribution in [0.15, 0.2) is 42.6 Å². The zero-order valence-electron chi connectivity index (χ0n) is 23.9. The highest BCUT2D eigenvalue weighted by Crippen LogP contribution is 2.35. The molecule has 1 aliphatic heterocycles. The number of carboxylic acid groups (broad SMARTS) is 1. The van der Waals surface area contributed by atoms with E-state index in [9.17, 15) is 19.5 Å². The second kappa shape index (κ2) is 12.9. The van der Waals surface area contributed by atoms with Gasteiger partial charge >= 0.3 is 6.09 Å². The number of hydrogen-bond donors (Lipinski definition) is 4. The molecule has 5 N–H and O–H groups in total. The van der Waals surface area contributed by atoms with E-state index in [0.717, 1.165) is 5.69 Å². The number of hydrogen-bond acceptors (Lipinski definition) is 8. The predicted molar refractivity (Wildman–Crippen MR) is 167 cm³/mol. The molecule has 1 fully saturated rings. The second-order valence-corrected chi connectivity index (χ2v) is 10.8. The quantitative estimate of drug-likeness (QED) is 0.211. The Morgan fingerprint density at radius 2 is 1.77 bits per heavy atom. The van der Waals surface area contributed by atoms with Crippen LogP contribution in [0.1, 0.15) is 39.2 Å². The van der Waals surface area contributed by atoms with Crippen LogP contribution in [0.3, 0.4) is 0 Å². The summed E-state index contributed by atoms with van der Waals surface area (Å²) in [5.74, 6) is -0.311. The smallest absolute Gasteiger partial charge is 0.407 e. The number of nitrogens with one attached hydrogen (secondary N) is 2. The van der Waals surface area contributed by atoms with Crippen molar-refractivity contribution in [2.45, 2.75) is 13.3 Å². The van der Waals surface area contributed by atoms with Crippen LogP contribution in [0.5, 0.6) is 5.75 Å². The first-order valence-corrected chi connectivity index (χ1v) is 14.5. The van der Waals surface area contributed by atoms with Crippen LogP contribution >= 0.6 is 23.2 Å². The lowest BCUT2D eigenvalue weighted by Crippen LogP contribution is -2.48. The molecule has 0 spiro atoms. The van der Waals surface area contributed by atoms with Crippen molar-refractivity contribution < 1.29 is 24.2 Å². The van der Waals surface area contributed by atoms with Crippen molar-refractivity contribution in [1.29, 1.82) is 0 Å². The standard InChI is InChI=1S/C29H30Cl2N8O5/c1-3-33-28(41)21-15-39-23(14-17-18(30)5-4-6-19(17)31)36-26(24(25(32)40)27(39)35-21)34-20-8-7-16(13-22(20)44-2)37-9-11-38(12-10-37)29(42)43/h4-8,13,15,34H,3,9-12,14H2,1-2H3,(H2,32,40)(H,33,41)(H,42,43). The van der Waals surface area contributed by atoms with Crippen molar-refractivity contribution in [2.24, 2.45) is 5.73 Å². The van der Waals surface area contributed by atoms with E-state index in [1.54, 1.807) is 31.2 Å². The summed E-state index contributed by atoms with van der Waals surface area (Å²) < 4.78 is 7.20. The maximum atomic E-state index is 12.9. The van der Waals surface area contributed by atoms with E-state index in [4.69, 9.17) is 38.7 Å². The molecule has 5 rings (SSSR count). The number of nitrogens with two attached hydrogens (primary N) is 1. The van der Waals surface area contributed by atoms with Gasteiger partial charge in [0, 0.05) is 67.1 Å². The number of carbonyl (C=O) groups is 3. The highest BCUT2D eigenvalue weighted by atomic mass is 35.5. The number of fused-ring (bicyclic) bond motifs is 1. The number of halogens is 2. The number of nitrogens with zero attached hydrogens (tertiary/aromatic N) is 5. The van der Waals surface area contributed by atoms with Crippen LogP contribution in [0.25, 0.3) is 5.65 Å². The third-order valence-electron chi connectivity index (χ3n) is 7.25. The second-order valence-electron chi connectivity index (χ2n) is 9.94. The number of rotatable bonds is 9. The fourth-order valence-corrected chi connectivity index (χ4v) is 5.55. The van der Waals surface area contributed by atoms with E-state index in [1.807, 2.05) is 12.1 Å². The largest absolute Gasteiger partial charge is 0.494 e. The van der Waals surface area contributed by atoms with Gasteiger partial charge in [0.2, 0.25) is 0 Å². The molecule has 0 aliphatic carbocycles. The third-order valence-corrected chi connectivity index (χ3v) is 7.96. The van der Waals surface area contributed by atoms with Crippen molar-refractivity contribution in [2.75, 3.05) is 50.1 Å². The van der Waals surface area contributed by atoms with Crippen molar-refractivity contribution in [1.82, 2.24) is 24.6 Å². The number of aromatic nitrogens is 3. The number of ether oxygens (including phenoxy) is 1. The Bertz CT molecular complexity index is 1730. The predicted octanol–water partition coefficient (Wildman–Crippen LogP) is 4.03. The number of primary amides is 1. The van der Waals surface area contributed by atoms with Gasteiger partial charge in [0.15, 0.2) is 5.65 Å². The molecular weight excluding hydrogens is 611 g/mol. The van der Waals surface area contributed by atoms with Gasteiger partial charge in [0.05, 0.1) is 12.8 Å². The zero-order chi connectivity index (χ0) is 31.5. The Morgan fingerprint density at radius 3 is 2.39 bits per heavy atom. The van der Waals surface area contributed by atoms with E-state index >= 15 is 0 Å². The van der Waals surface area contributed by atoms with Crippen LogP contribution in [-0.2, 0) is 6.42 Å². The fraction of sp³-hybridized carbons (Fsp3) is 0.276. The molecule has 0 bridgehead atoms. The molecule has 230 valence electrons. The molecule has 3 heterocycles. The first kappa shape index (κ1) is 30.7. The molecule has 4 aromatic rings. The topological polar surface area (TPSA) is 167 Å². The minimum atomic E-state index is -0.941. The number of methoxy groups -OCH3 is 1. The summed E-state index contributed by atoms with van der Waals surface area (Å²) in [6.07, 6.45) is 0.693. The van der Waals surface area contributed by atoms with Crippen molar-refractivity contribution in [3.05, 3.63) is 75.3 Å². The Labute approximate surface area is 262 Å². The Balaban J connectivity index is 1.58. The van der Waals surface area contributed by atoms with Crippen LogP contribution in [0.4, 0.5) is 22.0 Å². The SMILES string of the molecule is CCNC(=O)c1cn2c(Cc3c(Cl)cccc3Cl)nc(Nc3ccc(N4CCN(C(=O)O)CC4)cc3OC)c(C(N)=O)c2n1. The molecule has 3 amide bonds. The fourth-order valence-electron chi connectivity index (χ4n) is 5.02. The van der Waals surface area contributed by atoms with Crippen molar-refractivity contribution in [3.8, 4) is 5.75 Å². The van der Waals surface area contributed by atoms with Crippen LogP contribution in [0, 0.1) is 0 Å². The van der Waals surface area contributed by atoms with E-state index in [0.29, 0.717) is 65.6 Å². The Morgan fingerprint density at radius 1 is 1.07 bits per heavy atom. The van der Waals surface area contributed by atoms with E-state index < -0.39 is 17.9 Å². The minimum Gasteiger partial charge on any atom is -0.494 e. The average Bonchev–Trinajstić information content (AvgIpc) is 3.45. The van der Waals surface area contributed by atoms with Gasteiger partial charge in [-0.3, -0.25) is 14.0 Å². The summed E-state index contributed by atoms with van der Waals surface area (Å²) in [7, 11) is 1.51. The maximum absolute atomic E-state index is 12.9. The summed E-state index contributed by atoms with van der Waals surface area (Å²) >= 11 is 13.0. The molecule has 0 unspecified atom stereocenters.